The summed E-state index contributed by atoms with van der Waals surface area (Å²) in [6.45, 7) is 10.4. The number of hydrogen-bond donors (Lipinski definition) is 0. The van der Waals surface area contributed by atoms with Crippen LogP contribution < -0.4 is 0 Å². The summed E-state index contributed by atoms with van der Waals surface area (Å²) >= 11 is 0. The highest BCUT2D eigenvalue weighted by molar-refractivity contribution is 5.09. The quantitative estimate of drug-likeness (QED) is 0.592. The van der Waals surface area contributed by atoms with Gasteiger partial charge in [0.1, 0.15) is 6.33 Å². The molecular weight excluding hydrogens is 148 g/mol. The highest BCUT2D eigenvalue weighted by Crippen LogP contribution is 2.17. The molecule has 0 aliphatic heterocycles. The molecule has 1 aromatic heterocycles. The summed E-state index contributed by atoms with van der Waals surface area (Å²) in [5.74, 6) is 0. The molecule has 2 nitrogen and oxygen atoms in total. The fourth-order valence-corrected chi connectivity index (χ4v) is 0.734. The molecular formula is C10H18N2. The van der Waals surface area contributed by atoms with Crippen LogP contribution in [0.2, 0.25) is 0 Å². The Morgan fingerprint density at radius 2 is 1.75 bits per heavy atom. The van der Waals surface area contributed by atoms with Gasteiger partial charge in [-0.2, -0.15) is 0 Å². The van der Waals surface area contributed by atoms with Gasteiger partial charge in [0, 0.05) is 17.3 Å². The zero-order valence-corrected chi connectivity index (χ0v) is 8.63. The molecule has 0 radical (unpaired) electrons. The summed E-state index contributed by atoms with van der Waals surface area (Å²) in [7, 11) is 0. The van der Waals surface area contributed by atoms with Gasteiger partial charge < -0.3 is 0 Å². The van der Waals surface area contributed by atoms with E-state index in [0.29, 0.717) is 0 Å². The summed E-state index contributed by atoms with van der Waals surface area (Å²) in [5.41, 5.74) is 1.23. The van der Waals surface area contributed by atoms with Crippen LogP contribution in [0, 0.1) is 0 Å². The normalized spacial score (nSPS) is 10.1. The van der Waals surface area contributed by atoms with E-state index >= 15 is 0 Å². The SMILES string of the molecule is CC.CC(C)(C)c1ccncn1. The molecule has 0 amide bonds. The molecule has 0 atom stereocenters. The molecule has 0 saturated heterocycles. The minimum atomic E-state index is 0.142. The van der Waals surface area contributed by atoms with Gasteiger partial charge in [-0.15, -0.1) is 0 Å². The maximum atomic E-state index is 4.14. The molecule has 2 heteroatoms. The number of hydrogen-bond acceptors (Lipinski definition) is 2. The Balaban J connectivity index is 0.000000561. The maximum absolute atomic E-state index is 4.14. The standard InChI is InChI=1S/C8H12N2.C2H6/c1-8(2,3)7-4-5-9-6-10-7;1-2/h4-6H,1-3H3;1-2H3. The number of aromatic nitrogens is 2. The molecule has 68 valence electrons. The second-order valence-corrected chi connectivity index (χ2v) is 3.34. The van der Waals surface area contributed by atoms with Crippen LogP contribution >= 0.6 is 0 Å². The largest absolute Gasteiger partial charge is 0.245 e. The van der Waals surface area contributed by atoms with Crippen LogP contribution in [0.5, 0.6) is 0 Å². The van der Waals surface area contributed by atoms with Gasteiger partial charge in [0.15, 0.2) is 0 Å². The van der Waals surface area contributed by atoms with Crippen molar-refractivity contribution in [1.29, 1.82) is 0 Å². The van der Waals surface area contributed by atoms with E-state index in [0.717, 1.165) is 5.69 Å². The van der Waals surface area contributed by atoms with E-state index in [9.17, 15) is 0 Å². The maximum Gasteiger partial charge on any atom is 0.115 e. The Kier molecular flexibility index (Phi) is 4.49. The van der Waals surface area contributed by atoms with Gasteiger partial charge in [-0.1, -0.05) is 34.6 Å². The van der Waals surface area contributed by atoms with Crippen molar-refractivity contribution in [2.75, 3.05) is 0 Å². The lowest BCUT2D eigenvalue weighted by Gasteiger charge is -2.16. The van der Waals surface area contributed by atoms with Gasteiger partial charge in [0.05, 0.1) is 0 Å². The van der Waals surface area contributed by atoms with Crippen LogP contribution in [0.3, 0.4) is 0 Å². The highest BCUT2D eigenvalue weighted by Gasteiger charge is 2.13. The van der Waals surface area contributed by atoms with Crippen molar-refractivity contribution in [3.8, 4) is 0 Å². The van der Waals surface area contributed by atoms with Crippen molar-refractivity contribution in [2.45, 2.75) is 40.0 Å². The van der Waals surface area contributed by atoms with E-state index in [1.54, 1.807) is 12.5 Å². The molecule has 0 N–H and O–H groups in total. The van der Waals surface area contributed by atoms with Crippen molar-refractivity contribution in [3.63, 3.8) is 0 Å². The highest BCUT2D eigenvalue weighted by atomic mass is 14.8. The Bertz CT molecular complexity index is 199. The van der Waals surface area contributed by atoms with Crippen LogP contribution in [0.15, 0.2) is 18.6 Å². The molecule has 0 fully saturated rings. The zero-order valence-electron chi connectivity index (χ0n) is 8.63. The topological polar surface area (TPSA) is 25.8 Å². The first-order valence-electron chi connectivity index (χ1n) is 4.37. The third-order valence-corrected chi connectivity index (χ3v) is 1.35. The molecule has 0 spiro atoms. The summed E-state index contributed by atoms with van der Waals surface area (Å²) in [6, 6.07) is 1.94. The van der Waals surface area contributed by atoms with Gasteiger partial charge in [-0.05, 0) is 6.07 Å². The summed E-state index contributed by atoms with van der Waals surface area (Å²) in [4.78, 5) is 7.99. The lowest BCUT2D eigenvalue weighted by Crippen LogP contribution is -2.12. The van der Waals surface area contributed by atoms with Crippen molar-refractivity contribution in [3.05, 3.63) is 24.3 Å². The van der Waals surface area contributed by atoms with Gasteiger partial charge in [-0.25, -0.2) is 9.97 Å². The lowest BCUT2D eigenvalue weighted by molar-refractivity contribution is 0.567. The van der Waals surface area contributed by atoms with E-state index in [2.05, 4.69) is 30.7 Å². The van der Waals surface area contributed by atoms with Gasteiger partial charge in [-0.3, -0.25) is 0 Å². The second-order valence-electron chi connectivity index (χ2n) is 3.34. The number of rotatable bonds is 0. The average Bonchev–Trinajstić information content (AvgIpc) is 2.08. The predicted molar refractivity (Wildman–Crippen MR) is 52.1 cm³/mol. The van der Waals surface area contributed by atoms with Crippen LogP contribution in [-0.4, -0.2) is 9.97 Å². The van der Waals surface area contributed by atoms with E-state index in [4.69, 9.17) is 0 Å². The van der Waals surface area contributed by atoms with Crippen molar-refractivity contribution in [1.82, 2.24) is 9.97 Å². The van der Waals surface area contributed by atoms with Gasteiger partial charge >= 0.3 is 0 Å². The molecule has 1 rings (SSSR count). The first-order valence-corrected chi connectivity index (χ1v) is 4.37. The molecule has 1 heterocycles. The zero-order chi connectivity index (χ0) is 9.61. The molecule has 0 saturated carbocycles. The predicted octanol–water partition coefficient (Wildman–Crippen LogP) is 2.80. The summed E-state index contributed by atoms with van der Waals surface area (Å²) in [5, 5.41) is 0. The van der Waals surface area contributed by atoms with E-state index in [1.807, 2.05) is 19.9 Å². The smallest absolute Gasteiger partial charge is 0.115 e. The minimum Gasteiger partial charge on any atom is -0.245 e. The minimum absolute atomic E-state index is 0.142. The summed E-state index contributed by atoms with van der Waals surface area (Å²) in [6.07, 6.45) is 3.36. The van der Waals surface area contributed by atoms with E-state index in [-0.39, 0.29) is 5.41 Å². The molecule has 0 bridgehead atoms. The molecule has 0 aliphatic rings. The third-order valence-electron chi connectivity index (χ3n) is 1.35. The molecule has 12 heavy (non-hydrogen) atoms. The third kappa shape index (κ3) is 3.46. The van der Waals surface area contributed by atoms with Crippen LogP contribution in [0.4, 0.5) is 0 Å². The van der Waals surface area contributed by atoms with Gasteiger partial charge in [0.2, 0.25) is 0 Å². The molecule has 0 unspecified atom stereocenters. The Morgan fingerprint density at radius 1 is 1.17 bits per heavy atom. The average molecular weight is 166 g/mol. The second kappa shape index (κ2) is 4.86. The van der Waals surface area contributed by atoms with Crippen molar-refractivity contribution < 1.29 is 0 Å². The van der Waals surface area contributed by atoms with Crippen molar-refractivity contribution >= 4 is 0 Å². The molecule has 0 aliphatic carbocycles. The number of nitrogens with zero attached hydrogens (tertiary/aromatic N) is 2. The summed E-state index contributed by atoms with van der Waals surface area (Å²) < 4.78 is 0. The Hall–Kier alpha value is -0.920. The first kappa shape index (κ1) is 11.1. The van der Waals surface area contributed by atoms with Crippen molar-refractivity contribution in [2.24, 2.45) is 0 Å². The van der Waals surface area contributed by atoms with Crippen LogP contribution in [0.1, 0.15) is 40.3 Å². The Labute approximate surface area is 75.1 Å². The Morgan fingerprint density at radius 3 is 2.00 bits per heavy atom. The van der Waals surface area contributed by atoms with Crippen LogP contribution in [0.25, 0.3) is 0 Å². The fourth-order valence-electron chi connectivity index (χ4n) is 0.734. The lowest BCUT2D eigenvalue weighted by atomic mass is 9.92. The monoisotopic (exact) mass is 166 g/mol. The van der Waals surface area contributed by atoms with E-state index < -0.39 is 0 Å². The van der Waals surface area contributed by atoms with E-state index in [1.165, 1.54) is 0 Å². The van der Waals surface area contributed by atoms with Crippen LogP contribution in [-0.2, 0) is 5.41 Å². The molecule has 1 aromatic rings. The molecule has 0 aromatic carbocycles. The first-order chi connectivity index (χ1) is 5.61. The fraction of sp³-hybridized carbons (Fsp3) is 0.600. The van der Waals surface area contributed by atoms with Gasteiger partial charge in [0.25, 0.3) is 0 Å².